The summed E-state index contributed by atoms with van der Waals surface area (Å²) < 4.78 is 4.91. The topological polar surface area (TPSA) is 51.2 Å². The Labute approximate surface area is 109 Å². The second-order valence-electron chi connectivity index (χ2n) is 2.88. The minimum atomic E-state index is -0.446. The Balaban J connectivity index is 2.84. The van der Waals surface area contributed by atoms with Crippen molar-refractivity contribution in [2.24, 2.45) is 0 Å². The molecule has 90 valence electrons. The Kier molecular flexibility index (Phi) is 5.00. The maximum absolute atomic E-state index is 11.7. The van der Waals surface area contributed by atoms with Crippen LogP contribution in [0.5, 0.6) is 0 Å². The Morgan fingerprint density at radius 3 is 2.82 bits per heavy atom. The zero-order chi connectivity index (χ0) is 12.8. The molecule has 0 radical (unpaired) electrons. The summed E-state index contributed by atoms with van der Waals surface area (Å²) in [6.07, 6.45) is 4.04. The molecule has 0 atom stereocenters. The number of nitrogens with zero attached hydrogens (tertiary/aromatic N) is 1. The van der Waals surface area contributed by atoms with E-state index in [9.17, 15) is 4.79 Å². The molecule has 0 aliphatic heterocycles. The number of hydrogen-bond donors (Lipinski definition) is 1. The molecule has 0 unspecified atom stereocenters. The van der Waals surface area contributed by atoms with Crippen molar-refractivity contribution in [2.45, 2.75) is 6.92 Å². The fourth-order valence-electron chi connectivity index (χ4n) is 1.03. The predicted molar refractivity (Wildman–Crippen MR) is 67.9 cm³/mol. The lowest BCUT2D eigenvalue weighted by molar-refractivity contribution is -0.115. The second-order valence-corrected chi connectivity index (χ2v) is 3.67. The largest absolute Gasteiger partial charge is 0.460 e. The van der Waals surface area contributed by atoms with E-state index in [4.69, 9.17) is 27.9 Å². The Bertz CT molecular complexity index is 473. The highest BCUT2D eigenvalue weighted by Crippen LogP contribution is 2.23. The number of nitrogens with one attached hydrogen (secondary N) is 1. The molecule has 1 aromatic heterocycles. The third kappa shape index (κ3) is 3.76. The highest BCUT2D eigenvalue weighted by molar-refractivity contribution is 6.36. The van der Waals surface area contributed by atoms with Gasteiger partial charge >= 0.3 is 0 Å². The first-order valence-electron chi connectivity index (χ1n) is 4.64. The van der Waals surface area contributed by atoms with E-state index in [0.29, 0.717) is 10.7 Å². The minimum absolute atomic E-state index is 0.117. The van der Waals surface area contributed by atoms with Gasteiger partial charge in [0.05, 0.1) is 23.2 Å². The molecule has 0 spiro atoms. The van der Waals surface area contributed by atoms with Gasteiger partial charge in [-0.25, -0.2) is 4.98 Å². The zero-order valence-corrected chi connectivity index (χ0v) is 10.5. The van der Waals surface area contributed by atoms with Gasteiger partial charge in [-0.15, -0.1) is 0 Å². The number of ether oxygens (including phenoxy) is 1. The number of anilines is 1. The molecule has 1 aromatic rings. The van der Waals surface area contributed by atoms with Crippen LogP contribution in [0.4, 0.5) is 5.69 Å². The van der Waals surface area contributed by atoms with E-state index < -0.39 is 5.91 Å². The van der Waals surface area contributed by atoms with Crippen molar-refractivity contribution in [2.75, 3.05) is 5.32 Å². The molecule has 0 saturated heterocycles. The molecule has 0 bridgehead atoms. The molecular formula is C11H10Cl2N2O2. The Hall–Kier alpha value is -1.52. The lowest BCUT2D eigenvalue weighted by Gasteiger charge is -2.08. The molecule has 1 N–H and O–H groups in total. The SMILES string of the molecule is C=CO/C(=C\C)C(=O)Nc1cnc(Cl)cc1Cl. The minimum Gasteiger partial charge on any atom is -0.460 e. The maximum Gasteiger partial charge on any atom is 0.291 e. The highest BCUT2D eigenvalue weighted by atomic mass is 35.5. The van der Waals surface area contributed by atoms with Crippen LogP contribution < -0.4 is 5.32 Å². The van der Waals surface area contributed by atoms with Gasteiger partial charge in [-0.2, -0.15) is 0 Å². The number of pyridine rings is 1. The van der Waals surface area contributed by atoms with Gasteiger partial charge in [-0.3, -0.25) is 4.79 Å². The summed E-state index contributed by atoms with van der Waals surface area (Å²) in [5.74, 6) is -0.329. The zero-order valence-electron chi connectivity index (χ0n) is 9.04. The molecule has 17 heavy (non-hydrogen) atoms. The normalized spacial score (nSPS) is 10.9. The van der Waals surface area contributed by atoms with Gasteiger partial charge in [0.2, 0.25) is 0 Å². The van der Waals surface area contributed by atoms with Gasteiger partial charge in [-0.05, 0) is 19.1 Å². The standard InChI is InChI=1S/C11H10Cl2N2O2/c1-3-9(17-4-2)11(16)15-8-6-14-10(13)5-7(8)12/h3-6H,2H2,1H3,(H,15,16)/b9-3-. The summed E-state index contributed by atoms with van der Waals surface area (Å²) >= 11 is 11.5. The van der Waals surface area contributed by atoms with Crippen LogP contribution >= 0.6 is 23.2 Å². The van der Waals surface area contributed by atoms with Crippen LogP contribution in [0, 0.1) is 0 Å². The second kappa shape index (κ2) is 6.27. The fourth-order valence-corrected chi connectivity index (χ4v) is 1.44. The molecule has 0 aliphatic rings. The number of rotatable bonds is 4. The van der Waals surface area contributed by atoms with Gasteiger partial charge < -0.3 is 10.1 Å². The summed E-state index contributed by atoms with van der Waals surface area (Å²) in [7, 11) is 0. The quantitative estimate of drug-likeness (QED) is 0.519. The molecule has 0 aromatic carbocycles. The van der Waals surface area contributed by atoms with Crippen molar-refractivity contribution in [1.29, 1.82) is 0 Å². The van der Waals surface area contributed by atoms with Gasteiger partial charge in [-0.1, -0.05) is 29.8 Å². The van der Waals surface area contributed by atoms with Crippen molar-refractivity contribution in [1.82, 2.24) is 4.98 Å². The first kappa shape index (κ1) is 13.5. The van der Waals surface area contributed by atoms with Crippen LogP contribution in [-0.4, -0.2) is 10.9 Å². The van der Waals surface area contributed by atoms with Gasteiger partial charge in [0.1, 0.15) is 5.15 Å². The van der Waals surface area contributed by atoms with E-state index in [0.717, 1.165) is 6.26 Å². The van der Waals surface area contributed by atoms with Crippen molar-refractivity contribution < 1.29 is 9.53 Å². The number of hydrogen-bond acceptors (Lipinski definition) is 3. The predicted octanol–water partition coefficient (Wildman–Crippen LogP) is 3.39. The van der Waals surface area contributed by atoms with Crippen LogP contribution in [0.25, 0.3) is 0 Å². The summed E-state index contributed by atoms with van der Waals surface area (Å²) in [6, 6.07) is 1.43. The molecular weight excluding hydrogens is 263 g/mol. The maximum atomic E-state index is 11.7. The van der Waals surface area contributed by atoms with Crippen LogP contribution in [-0.2, 0) is 9.53 Å². The summed E-state index contributed by atoms with van der Waals surface area (Å²) in [5, 5.41) is 3.09. The fraction of sp³-hybridized carbons (Fsp3) is 0.0909. The van der Waals surface area contributed by atoms with Crippen LogP contribution in [0.2, 0.25) is 10.2 Å². The van der Waals surface area contributed by atoms with E-state index in [2.05, 4.69) is 16.9 Å². The summed E-state index contributed by atoms with van der Waals surface area (Å²) in [5.41, 5.74) is 0.355. The van der Waals surface area contributed by atoms with Crippen LogP contribution in [0.3, 0.4) is 0 Å². The van der Waals surface area contributed by atoms with E-state index in [1.165, 1.54) is 18.3 Å². The van der Waals surface area contributed by atoms with E-state index in [-0.39, 0.29) is 10.9 Å². The molecule has 0 saturated carbocycles. The van der Waals surface area contributed by atoms with Crippen LogP contribution in [0.15, 0.2) is 36.9 Å². The van der Waals surface area contributed by atoms with E-state index >= 15 is 0 Å². The molecule has 1 rings (SSSR count). The van der Waals surface area contributed by atoms with Gasteiger partial charge in [0.25, 0.3) is 5.91 Å². The molecule has 4 nitrogen and oxygen atoms in total. The lowest BCUT2D eigenvalue weighted by Crippen LogP contribution is -2.15. The number of carbonyl (C=O) groups is 1. The molecule has 1 amide bonds. The number of allylic oxidation sites excluding steroid dienone is 1. The average Bonchev–Trinajstić information content (AvgIpc) is 2.29. The van der Waals surface area contributed by atoms with E-state index in [1.807, 2.05) is 0 Å². The third-order valence-electron chi connectivity index (χ3n) is 1.76. The van der Waals surface area contributed by atoms with Crippen molar-refractivity contribution in [3.8, 4) is 0 Å². The van der Waals surface area contributed by atoms with Crippen LogP contribution in [0.1, 0.15) is 6.92 Å². The monoisotopic (exact) mass is 272 g/mol. The Morgan fingerprint density at radius 2 is 2.29 bits per heavy atom. The molecule has 0 fully saturated rings. The molecule has 1 heterocycles. The highest BCUT2D eigenvalue weighted by Gasteiger charge is 2.11. The average molecular weight is 273 g/mol. The van der Waals surface area contributed by atoms with Gasteiger partial charge in [0.15, 0.2) is 5.76 Å². The first-order chi connectivity index (χ1) is 8.08. The van der Waals surface area contributed by atoms with Gasteiger partial charge in [0, 0.05) is 0 Å². The molecule has 6 heteroatoms. The summed E-state index contributed by atoms with van der Waals surface area (Å²) in [6.45, 7) is 5.03. The number of carbonyl (C=O) groups excluding carboxylic acids is 1. The lowest BCUT2D eigenvalue weighted by atomic mass is 10.3. The van der Waals surface area contributed by atoms with Crippen molar-refractivity contribution in [3.63, 3.8) is 0 Å². The smallest absolute Gasteiger partial charge is 0.291 e. The van der Waals surface area contributed by atoms with Crippen molar-refractivity contribution in [3.05, 3.63) is 47.1 Å². The third-order valence-corrected chi connectivity index (χ3v) is 2.28. The van der Waals surface area contributed by atoms with E-state index in [1.54, 1.807) is 6.92 Å². The number of halogens is 2. The first-order valence-corrected chi connectivity index (χ1v) is 5.40. The number of aromatic nitrogens is 1. The van der Waals surface area contributed by atoms with Crippen molar-refractivity contribution >= 4 is 34.8 Å². The molecule has 0 aliphatic carbocycles. The summed E-state index contributed by atoms with van der Waals surface area (Å²) in [4.78, 5) is 15.5. The number of amides is 1. The Morgan fingerprint density at radius 1 is 1.59 bits per heavy atom.